The minimum absolute atomic E-state index is 0.241. The van der Waals surface area contributed by atoms with Gasteiger partial charge in [-0.15, -0.1) is 0 Å². The summed E-state index contributed by atoms with van der Waals surface area (Å²) in [5.74, 6) is 1.68. The minimum Gasteiger partial charge on any atom is -0.474 e. The molecule has 1 atom stereocenters. The molecular weight excluding hydrogens is 496 g/mol. The molecule has 8 heteroatoms. The molecule has 2 aromatic carbocycles. The second-order valence-corrected chi connectivity index (χ2v) is 12.6. The molecule has 1 aliphatic heterocycles. The average molecular weight is 535 g/mol. The lowest BCUT2D eigenvalue weighted by Gasteiger charge is -2.37. The van der Waals surface area contributed by atoms with Crippen molar-refractivity contribution in [1.29, 1.82) is 0 Å². The first-order chi connectivity index (χ1) is 18.0. The van der Waals surface area contributed by atoms with Gasteiger partial charge >= 0.3 is 0 Å². The zero-order valence-corrected chi connectivity index (χ0v) is 23.6. The summed E-state index contributed by atoms with van der Waals surface area (Å²) in [5, 5.41) is 4.19. The van der Waals surface area contributed by atoms with Crippen molar-refractivity contribution in [2.45, 2.75) is 51.0 Å². The van der Waals surface area contributed by atoms with Gasteiger partial charge in [-0.05, 0) is 71.2 Å². The van der Waals surface area contributed by atoms with Gasteiger partial charge in [0.05, 0.1) is 10.4 Å². The van der Waals surface area contributed by atoms with Crippen LogP contribution < -0.4 is 5.32 Å². The summed E-state index contributed by atoms with van der Waals surface area (Å²) in [5.41, 5.74) is 1.78. The lowest BCUT2D eigenvalue weighted by Crippen LogP contribution is -2.40. The Morgan fingerprint density at radius 2 is 1.79 bits per heavy atom. The fourth-order valence-electron chi connectivity index (χ4n) is 4.78. The summed E-state index contributed by atoms with van der Waals surface area (Å²) in [6.45, 7) is 18.7. The van der Waals surface area contributed by atoms with Crippen LogP contribution in [0, 0.1) is 5.92 Å². The molecule has 1 fully saturated rings. The first kappa shape index (κ1) is 27.5. The molecule has 4 rings (SSSR count). The van der Waals surface area contributed by atoms with Crippen molar-refractivity contribution in [3.8, 4) is 0 Å². The van der Waals surface area contributed by atoms with Crippen molar-refractivity contribution in [1.82, 2.24) is 14.2 Å². The maximum absolute atomic E-state index is 13.4. The SMILES string of the molecule is C=C(N=C(C)c1cn(S(=O)(=O)c2ccccc2)c2ccccc12)NCC1CCCN(C(=C)OC(C)(C)C)C1. The molecule has 1 N–H and O–H groups in total. The molecule has 1 aliphatic rings. The Balaban J connectivity index is 1.48. The Morgan fingerprint density at radius 3 is 2.50 bits per heavy atom. The number of likely N-dealkylation sites (tertiary alicyclic amines) is 1. The number of nitrogens with zero attached hydrogens (tertiary/aromatic N) is 3. The van der Waals surface area contributed by atoms with Crippen LogP contribution in [0.2, 0.25) is 0 Å². The monoisotopic (exact) mass is 534 g/mol. The number of para-hydroxylation sites is 1. The number of piperidine rings is 1. The van der Waals surface area contributed by atoms with E-state index in [1.54, 1.807) is 36.5 Å². The van der Waals surface area contributed by atoms with Crippen LogP contribution in [0.3, 0.4) is 0 Å². The Bertz CT molecular complexity index is 1450. The number of hydrogen-bond donors (Lipinski definition) is 1. The Morgan fingerprint density at radius 1 is 1.11 bits per heavy atom. The maximum atomic E-state index is 13.4. The molecule has 0 saturated carbocycles. The molecule has 38 heavy (non-hydrogen) atoms. The second-order valence-electron chi connectivity index (χ2n) is 10.8. The number of aromatic nitrogens is 1. The van der Waals surface area contributed by atoms with E-state index in [4.69, 9.17) is 9.73 Å². The maximum Gasteiger partial charge on any atom is 0.268 e. The number of rotatable bonds is 9. The fourth-order valence-corrected chi connectivity index (χ4v) is 6.17. The molecule has 1 aromatic heterocycles. The molecule has 1 unspecified atom stereocenters. The molecule has 0 aliphatic carbocycles. The van der Waals surface area contributed by atoms with E-state index in [0.717, 1.165) is 49.3 Å². The highest BCUT2D eigenvalue weighted by atomic mass is 32.2. The quantitative estimate of drug-likeness (QED) is 0.280. The van der Waals surface area contributed by atoms with Gasteiger partial charge in [0.1, 0.15) is 11.4 Å². The van der Waals surface area contributed by atoms with Crippen LogP contribution in [0.1, 0.15) is 46.1 Å². The van der Waals surface area contributed by atoms with Gasteiger partial charge in [0.25, 0.3) is 10.0 Å². The minimum atomic E-state index is -3.75. The average Bonchev–Trinajstić information content (AvgIpc) is 3.28. The largest absolute Gasteiger partial charge is 0.474 e. The lowest BCUT2D eigenvalue weighted by atomic mass is 9.98. The predicted octanol–water partition coefficient (Wildman–Crippen LogP) is 5.75. The zero-order valence-electron chi connectivity index (χ0n) is 22.8. The van der Waals surface area contributed by atoms with Crippen molar-refractivity contribution in [3.05, 3.63) is 91.2 Å². The van der Waals surface area contributed by atoms with Gasteiger partial charge in [-0.3, -0.25) is 0 Å². The third kappa shape index (κ3) is 6.30. The molecule has 0 spiro atoms. The second kappa shape index (κ2) is 11.1. The van der Waals surface area contributed by atoms with Crippen LogP contribution in [-0.2, 0) is 14.8 Å². The summed E-state index contributed by atoms with van der Waals surface area (Å²) in [7, 11) is -3.75. The van der Waals surface area contributed by atoms with Gasteiger partial charge < -0.3 is 15.0 Å². The van der Waals surface area contributed by atoms with Crippen LogP contribution in [0.25, 0.3) is 10.9 Å². The van der Waals surface area contributed by atoms with Crippen molar-refractivity contribution in [2.75, 3.05) is 19.6 Å². The van der Waals surface area contributed by atoms with E-state index in [1.807, 2.05) is 52.0 Å². The van der Waals surface area contributed by atoms with Crippen LogP contribution in [0.5, 0.6) is 0 Å². The Kier molecular flexibility index (Phi) is 8.02. The van der Waals surface area contributed by atoms with Crippen molar-refractivity contribution >= 4 is 26.6 Å². The van der Waals surface area contributed by atoms with E-state index >= 15 is 0 Å². The normalized spacial score (nSPS) is 16.9. The van der Waals surface area contributed by atoms with Gasteiger partial charge in [-0.1, -0.05) is 43.0 Å². The van der Waals surface area contributed by atoms with Crippen LogP contribution in [0.15, 0.2) is 95.5 Å². The molecule has 2 heterocycles. The molecule has 3 aromatic rings. The van der Waals surface area contributed by atoms with Gasteiger partial charge in [0.15, 0.2) is 5.88 Å². The highest BCUT2D eigenvalue weighted by Crippen LogP contribution is 2.27. The molecule has 1 saturated heterocycles. The zero-order chi connectivity index (χ0) is 27.5. The standard InChI is InChI=1S/C30H38N4O3S/c1-22(32-23(2)31-19-25-13-12-18-33(20-25)24(3)37-30(4,5)6)28-21-34(29-17-11-10-16-27(28)29)38(35,36)26-14-8-7-9-15-26/h7-11,14-17,21,25,31H,2-3,12-13,18-20H2,1,4-6H3. The molecule has 0 amide bonds. The number of hydrogen-bond acceptors (Lipinski definition) is 6. The van der Waals surface area contributed by atoms with E-state index in [1.165, 1.54) is 3.97 Å². The van der Waals surface area contributed by atoms with Crippen LogP contribution in [0.4, 0.5) is 0 Å². The number of nitrogens with one attached hydrogen (secondary N) is 1. The third-order valence-corrected chi connectivity index (χ3v) is 8.25. The Labute approximate surface area is 226 Å². The Hall–Kier alpha value is -3.52. The number of aliphatic imine (C=N–C) groups is 1. The highest BCUT2D eigenvalue weighted by Gasteiger charge is 2.25. The van der Waals surface area contributed by atoms with Gasteiger partial charge in [0, 0.05) is 42.5 Å². The lowest BCUT2D eigenvalue weighted by molar-refractivity contribution is -0.00750. The van der Waals surface area contributed by atoms with Gasteiger partial charge in [-0.2, -0.15) is 0 Å². The number of fused-ring (bicyclic) bond motifs is 1. The summed E-state index contributed by atoms with van der Waals surface area (Å²) < 4.78 is 34.1. The van der Waals surface area contributed by atoms with E-state index in [-0.39, 0.29) is 10.5 Å². The van der Waals surface area contributed by atoms with E-state index in [2.05, 4.69) is 23.4 Å². The molecule has 202 valence electrons. The summed E-state index contributed by atoms with van der Waals surface area (Å²) in [6.07, 6.45) is 3.83. The van der Waals surface area contributed by atoms with Crippen molar-refractivity contribution < 1.29 is 13.2 Å². The smallest absolute Gasteiger partial charge is 0.268 e. The van der Waals surface area contributed by atoms with E-state index in [0.29, 0.717) is 23.0 Å². The molecule has 7 nitrogen and oxygen atoms in total. The predicted molar refractivity (Wildman–Crippen MR) is 155 cm³/mol. The summed E-state index contributed by atoms with van der Waals surface area (Å²) in [6, 6.07) is 15.9. The fraction of sp³-hybridized carbons (Fsp3) is 0.367. The van der Waals surface area contributed by atoms with Crippen LogP contribution in [-0.4, -0.2) is 48.2 Å². The molecular formula is C30H38N4O3S. The first-order valence-corrected chi connectivity index (χ1v) is 14.4. The summed E-state index contributed by atoms with van der Waals surface area (Å²) >= 11 is 0. The summed E-state index contributed by atoms with van der Waals surface area (Å²) in [4.78, 5) is 7.15. The van der Waals surface area contributed by atoms with Gasteiger partial charge in [-0.25, -0.2) is 17.4 Å². The van der Waals surface area contributed by atoms with Gasteiger partial charge in [0.2, 0.25) is 0 Å². The highest BCUT2D eigenvalue weighted by molar-refractivity contribution is 7.90. The number of ether oxygens (including phenoxy) is 1. The van der Waals surface area contributed by atoms with E-state index < -0.39 is 10.0 Å². The molecule has 0 bridgehead atoms. The molecule has 0 radical (unpaired) electrons. The topological polar surface area (TPSA) is 75.9 Å². The van der Waals surface area contributed by atoms with Crippen molar-refractivity contribution in [2.24, 2.45) is 10.9 Å². The van der Waals surface area contributed by atoms with E-state index in [9.17, 15) is 8.42 Å². The van der Waals surface area contributed by atoms with Crippen LogP contribution >= 0.6 is 0 Å². The first-order valence-electron chi connectivity index (χ1n) is 13.0. The third-order valence-electron chi connectivity index (χ3n) is 6.56. The van der Waals surface area contributed by atoms with Crippen molar-refractivity contribution in [3.63, 3.8) is 0 Å². The number of benzene rings is 2.